The summed E-state index contributed by atoms with van der Waals surface area (Å²) in [6, 6.07) is 0. The molecule has 0 bridgehead atoms. The quantitative estimate of drug-likeness (QED) is 0.568. The summed E-state index contributed by atoms with van der Waals surface area (Å²) < 4.78 is 3.83. The Balaban J connectivity index is 2.51. The minimum atomic E-state index is 0.297. The zero-order chi connectivity index (χ0) is 10.8. The van der Waals surface area contributed by atoms with E-state index in [1.807, 2.05) is 11.3 Å². The first kappa shape index (κ1) is 11.4. The molecule has 1 aromatic heterocycles. The van der Waals surface area contributed by atoms with Gasteiger partial charge in [-0.3, -0.25) is 0 Å². The van der Waals surface area contributed by atoms with Crippen LogP contribution in [0.2, 0.25) is 0 Å². The fraction of sp³-hybridized carbons (Fsp3) is 0.385. The molecular weight excluding hydrogens is 315 g/mol. The number of hydrogen-bond acceptors (Lipinski definition) is 1. The van der Waals surface area contributed by atoms with Crippen molar-refractivity contribution in [3.63, 3.8) is 0 Å². The third-order valence-corrected chi connectivity index (χ3v) is 6.77. The Morgan fingerprint density at radius 3 is 3.00 bits per heavy atom. The monoisotopic (exact) mass is 331 g/mol. The number of hydrogen-bond donors (Lipinski definition) is 0. The molecule has 0 spiro atoms. The van der Waals surface area contributed by atoms with Gasteiger partial charge in [0.2, 0.25) is 0 Å². The molecule has 0 N–H and O–H groups in total. The average molecular weight is 331 g/mol. The first-order chi connectivity index (χ1) is 7.24. The van der Waals surface area contributed by atoms with Crippen LogP contribution in [0.25, 0.3) is 11.6 Å². The fourth-order valence-electron chi connectivity index (χ4n) is 1.86. The maximum absolute atomic E-state index is 2.48. The molecule has 0 unspecified atom stereocenters. The molecule has 82 valence electrons. The van der Waals surface area contributed by atoms with Crippen LogP contribution in [0, 0.1) is 6.92 Å². The van der Waals surface area contributed by atoms with Gasteiger partial charge in [-0.2, -0.15) is 0 Å². The molecule has 15 heavy (non-hydrogen) atoms. The summed E-state index contributed by atoms with van der Waals surface area (Å²) in [5.74, 6) is 0. The van der Waals surface area contributed by atoms with Crippen LogP contribution in [-0.4, -0.2) is 0 Å². The first-order valence-corrected chi connectivity index (χ1v) is 8.86. The SMILES string of the molecule is CC/C=C\c1c(C)sc2c1C(C)=C[I-]C2. The summed E-state index contributed by atoms with van der Waals surface area (Å²) >= 11 is 2.30. The van der Waals surface area contributed by atoms with E-state index in [-0.39, 0.29) is 0 Å². The molecule has 0 radical (unpaired) electrons. The van der Waals surface area contributed by atoms with Crippen LogP contribution in [0.15, 0.2) is 10.2 Å². The average Bonchev–Trinajstić information content (AvgIpc) is 2.53. The fourth-order valence-corrected chi connectivity index (χ4v) is 5.80. The molecule has 0 saturated heterocycles. The maximum atomic E-state index is 2.48. The summed E-state index contributed by atoms with van der Waals surface area (Å²) in [5.41, 5.74) is 4.55. The number of rotatable bonds is 2. The van der Waals surface area contributed by atoms with E-state index in [1.54, 1.807) is 10.4 Å². The van der Waals surface area contributed by atoms with Gasteiger partial charge in [0, 0.05) is 0 Å². The Kier molecular flexibility index (Phi) is 3.67. The van der Waals surface area contributed by atoms with Crippen molar-refractivity contribution in [3.05, 3.63) is 31.0 Å². The summed E-state index contributed by atoms with van der Waals surface area (Å²) in [6.07, 6.45) is 5.71. The Bertz CT molecular complexity index is 424. The second-order valence-corrected chi connectivity index (χ2v) is 7.34. The third-order valence-electron chi connectivity index (χ3n) is 2.56. The molecular formula is C13H16IS-. The molecule has 0 aliphatic carbocycles. The van der Waals surface area contributed by atoms with Crippen LogP contribution in [0.3, 0.4) is 0 Å². The predicted molar refractivity (Wildman–Crippen MR) is 65.7 cm³/mol. The van der Waals surface area contributed by atoms with Gasteiger partial charge in [-0.05, 0) is 0 Å². The van der Waals surface area contributed by atoms with Crippen molar-refractivity contribution in [2.24, 2.45) is 0 Å². The van der Waals surface area contributed by atoms with Crippen molar-refractivity contribution in [2.45, 2.75) is 31.6 Å². The Morgan fingerprint density at radius 2 is 2.27 bits per heavy atom. The van der Waals surface area contributed by atoms with Crippen molar-refractivity contribution in [2.75, 3.05) is 0 Å². The number of halogens is 1. The molecule has 0 saturated carbocycles. The second kappa shape index (κ2) is 4.83. The zero-order valence-corrected chi connectivity index (χ0v) is 12.4. The molecule has 1 aliphatic rings. The Hall–Kier alpha value is -0.0900. The van der Waals surface area contributed by atoms with E-state index in [4.69, 9.17) is 0 Å². The van der Waals surface area contributed by atoms with Gasteiger partial charge in [-0.15, -0.1) is 0 Å². The molecule has 1 aliphatic heterocycles. The molecule has 2 heterocycles. The van der Waals surface area contributed by atoms with Crippen molar-refractivity contribution in [3.8, 4) is 0 Å². The number of fused-ring (bicyclic) bond motifs is 1. The van der Waals surface area contributed by atoms with Crippen LogP contribution in [0.4, 0.5) is 0 Å². The predicted octanol–water partition coefficient (Wildman–Crippen LogP) is 1.44. The number of allylic oxidation sites excluding steroid dienone is 2. The normalized spacial score (nSPS) is 16.1. The van der Waals surface area contributed by atoms with E-state index in [9.17, 15) is 0 Å². The van der Waals surface area contributed by atoms with Gasteiger partial charge in [0.25, 0.3) is 0 Å². The van der Waals surface area contributed by atoms with Crippen LogP contribution in [0.5, 0.6) is 0 Å². The molecule has 2 heteroatoms. The first-order valence-electron chi connectivity index (χ1n) is 5.27. The molecule has 0 aromatic carbocycles. The van der Waals surface area contributed by atoms with E-state index in [0.29, 0.717) is 21.2 Å². The Labute approximate surface area is 106 Å². The topological polar surface area (TPSA) is 0 Å². The third kappa shape index (κ3) is 2.21. The van der Waals surface area contributed by atoms with E-state index >= 15 is 0 Å². The van der Waals surface area contributed by atoms with Gasteiger partial charge < -0.3 is 0 Å². The second-order valence-electron chi connectivity index (χ2n) is 3.76. The van der Waals surface area contributed by atoms with Crippen molar-refractivity contribution >= 4 is 23.0 Å². The van der Waals surface area contributed by atoms with E-state index < -0.39 is 0 Å². The van der Waals surface area contributed by atoms with E-state index in [1.165, 1.54) is 20.4 Å². The number of aryl methyl sites for hydroxylation is 1. The van der Waals surface area contributed by atoms with Gasteiger partial charge in [0.15, 0.2) is 0 Å². The zero-order valence-electron chi connectivity index (χ0n) is 9.43. The van der Waals surface area contributed by atoms with Crippen LogP contribution >= 0.6 is 11.3 Å². The van der Waals surface area contributed by atoms with Gasteiger partial charge in [-0.25, -0.2) is 0 Å². The van der Waals surface area contributed by atoms with Crippen LogP contribution in [-0.2, 0) is 4.43 Å². The summed E-state index contributed by atoms with van der Waals surface area (Å²) in [4.78, 5) is 3.12. The van der Waals surface area contributed by atoms with Gasteiger partial charge in [-0.1, -0.05) is 0 Å². The van der Waals surface area contributed by atoms with Gasteiger partial charge in [0.05, 0.1) is 0 Å². The molecule has 0 amide bonds. The summed E-state index contributed by atoms with van der Waals surface area (Å²) in [7, 11) is 0. The molecule has 2 rings (SSSR count). The van der Waals surface area contributed by atoms with Crippen LogP contribution in [0.1, 0.15) is 41.1 Å². The molecule has 0 nitrogen and oxygen atoms in total. The van der Waals surface area contributed by atoms with Crippen molar-refractivity contribution < 1.29 is 21.2 Å². The Morgan fingerprint density at radius 1 is 1.47 bits per heavy atom. The number of thiophene rings is 1. The standard InChI is InChI=1S/C13H16IS/c1-4-5-6-11-10(3)15-12-8-14-7-9(2)13(11)12/h5-7H,4,8H2,1-3H3/q-1/b6-5-. The van der Waals surface area contributed by atoms with Crippen molar-refractivity contribution in [1.82, 2.24) is 0 Å². The van der Waals surface area contributed by atoms with Gasteiger partial charge >= 0.3 is 107 Å². The number of alkyl halides is 1. The van der Waals surface area contributed by atoms with E-state index in [2.05, 4.69) is 37.0 Å². The molecule has 0 fully saturated rings. The van der Waals surface area contributed by atoms with Crippen molar-refractivity contribution in [1.29, 1.82) is 0 Å². The summed E-state index contributed by atoms with van der Waals surface area (Å²) in [6.45, 7) is 6.72. The summed E-state index contributed by atoms with van der Waals surface area (Å²) in [5, 5.41) is 0. The van der Waals surface area contributed by atoms with E-state index in [0.717, 1.165) is 6.42 Å². The van der Waals surface area contributed by atoms with Crippen LogP contribution < -0.4 is 21.2 Å². The van der Waals surface area contributed by atoms with Gasteiger partial charge in [0.1, 0.15) is 0 Å². The minimum absolute atomic E-state index is 0.297. The molecule has 1 aromatic rings. The molecule has 0 atom stereocenters.